The highest BCUT2D eigenvalue weighted by Crippen LogP contribution is 2.27. The van der Waals surface area contributed by atoms with Crippen LogP contribution in [0.4, 0.5) is 0 Å². The number of carbonyl (C=O) groups excluding carboxylic acids is 1. The van der Waals surface area contributed by atoms with E-state index in [0.717, 1.165) is 43.1 Å². The molecule has 0 aliphatic carbocycles. The first kappa shape index (κ1) is 14.9. The molecular weight excluding hydrogens is 252 g/mol. The molecule has 0 radical (unpaired) electrons. The van der Waals surface area contributed by atoms with Crippen LogP contribution in [0.2, 0.25) is 0 Å². The molecule has 0 atom stereocenters. The van der Waals surface area contributed by atoms with Gasteiger partial charge < -0.3 is 15.0 Å². The van der Waals surface area contributed by atoms with Crippen molar-refractivity contribution in [3.8, 4) is 5.75 Å². The minimum absolute atomic E-state index is 0.214. The van der Waals surface area contributed by atoms with E-state index >= 15 is 0 Å². The Morgan fingerprint density at radius 1 is 1.35 bits per heavy atom. The van der Waals surface area contributed by atoms with Crippen LogP contribution < -0.4 is 10.1 Å². The monoisotopic (exact) mass is 276 g/mol. The molecule has 110 valence electrons. The fraction of sp³-hybridized carbons (Fsp3) is 0.562. The van der Waals surface area contributed by atoms with Gasteiger partial charge in [0.1, 0.15) is 5.75 Å². The van der Waals surface area contributed by atoms with E-state index in [-0.39, 0.29) is 5.91 Å². The average molecular weight is 276 g/mol. The second-order valence-electron chi connectivity index (χ2n) is 5.54. The molecule has 0 spiro atoms. The number of rotatable bonds is 4. The van der Waals surface area contributed by atoms with Gasteiger partial charge in [0.25, 0.3) is 0 Å². The topological polar surface area (TPSA) is 41.6 Å². The highest BCUT2D eigenvalue weighted by atomic mass is 16.5. The number of ether oxygens (including phenoxy) is 1. The van der Waals surface area contributed by atoms with Crippen LogP contribution in [0.3, 0.4) is 0 Å². The second kappa shape index (κ2) is 6.75. The van der Waals surface area contributed by atoms with Crippen LogP contribution in [0.15, 0.2) is 18.2 Å². The quantitative estimate of drug-likeness (QED) is 0.911. The summed E-state index contributed by atoms with van der Waals surface area (Å²) in [6, 6.07) is 6.06. The summed E-state index contributed by atoms with van der Waals surface area (Å²) >= 11 is 0. The van der Waals surface area contributed by atoms with Crippen LogP contribution in [-0.4, -0.2) is 44.1 Å². The third kappa shape index (κ3) is 3.51. The van der Waals surface area contributed by atoms with E-state index < -0.39 is 0 Å². The SMILES string of the molecule is COc1ccc(CC(=O)N2CCNCC2)cc1C(C)C. The zero-order valence-electron chi connectivity index (χ0n) is 12.6. The summed E-state index contributed by atoms with van der Waals surface area (Å²) in [5.74, 6) is 1.50. The molecule has 0 unspecified atom stereocenters. The lowest BCUT2D eigenvalue weighted by atomic mass is 9.98. The molecule has 2 rings (SSSR count). The van der Waals surface area contributed by atoms with E-state index in [1.807, 2.05) is 17.0 Å². The Morgan fingerprint density at radius 2 is 2.05 bits per heavy atom. The Bertz CT molecular complexity index is 466. The van der Waals surface area contributed by atoms with Gasteiger partial charge >= 0.3 is 0 Å². The maximum Gasteiger partial charge on any atom is 0.227 e. The number of hydrogen-bond acceptors (Lipinski definition) is 3. The van der Waals surface area contributed by atoms with Gasteiger partial charge in [0, 0.05) is 26.2 Å². The van der Waals surface area contributed by atoms with Crippen LogP contribution in [0, 0.1) is 0 Å². The normalized spacial score (nSPS) is 15.5. The molecule has 1 fully saturated rings. The number of hydrogen-bond donors (Lipinski definition) is 1. The van der Waals surface area contributed by atoms with E-state index in [1.54, 1.807) is 7.11 Å². The predicted molar refractivity (Wildman–Crippen MR) is 80.2 cm³/mol. The Balaban J connectivity index is 2.08. The summed E-state index contributed by atoms with van der Waals surface area (Å²) in [5.41, 5.74) is 2.23. The Labute approximate surface area is 121 Å². The maximum absolute atomic E-state index is 12.3. The predicted octanol–water partition coefficient (Wildman–Crippen LogP) is 1.79. The largest absolute Gasteiger partial charge is 0.496 e. The highest BCUT2D eigenvalue weighted by Gasteiger charge is 2.17. The zero-order valence-corrected chi connectivity index (χ0v) is 12.6. The standard InChI is InChI=1S/C16H24N2O2/c1-12(2)14-10-13(4-5-15(14)20-3)11-16(19)18-8-6-17-7-9-18/h4-5,10,12,17H,6-9,11H2,1-3H3. The van der Waals surface area contributed by atoms with Crippen molar-refractivity contribution in [1.29, 1.82) is 0 Å². The molecule has 1 aromatic carbocycles. The van der Waals surface area contributed by atoms with Crippen LogP contribution in [-0.2, 0) is 11.2 Å². The minimum Gasteiger partial charge on any atom is -0.496 e. The highest BCUT2D eigenvalue weighted by molar-refractivity contribution is 5.79. The molecule has 20 heavy (non-hydrogen) atoms. The lowest BCUT2D eigenvalue weighted by Crippen LogP contribution is -2.46. The molecule has 1 heterocycles. The van der Waals surface area contributed by atoms with Crippen molar-refractivity contribution in [2.75, 3.05) is 33.3 Å². The number of nitrogens with zero attached hydrogens (tertiary/aromatic N) is 1. The third-order valence-corrected chi connectivity index (χ3v) is 3.74. The van der Waals surface area contributed by atoms with Gasteiger partial charge in [-0.05, 0) is 23.1 Å². The number of carbonyl (C=O) groups is 1. The van der Waals surface area contributed by atoms with Gasteiger partial charge in [0.2, 0.25) is 5.91 Å². The van der Waals surface area contributed by atoms with Gasteiger partial charge in [-0.2, -0.15) is 0 Å². The molecule has 1 aromatic rings. The van der Waals surface area contributed by atoms with E-state index in [2.05, 4.69) is 25.2 Å². The van der Waals surface area contributed by atoms with Crippen LogP contribution in [0.1, 0.15) is 30.9 Å². The summed E-state index contributed by atoms with van der Waals surface area (Å²) < 4.78 is 5.38. The summed E-state index contributed by atoms with van der Waals surface area (Å²) in [7, 11) is 1.69. The number of benzene rings is 1. The van der Waals surface area contributed by atoms with Crippen LogP contribution in [0.25, 0.3) is 0 Å². The summed E-state index contributed by atoms with van der Waals surface area (Å²) in [5, 5.41) is 3.26. The first-order valence-corrected chi connectivity index (χ1v) is 7.27. The molecule has 1 amide bonds. The van der Waals surface area contributed by atoms with Crippen molar-refractivity contribution < 1.29 is 9.53 Å². The van der Waals surface area contributed by atoms with Gasteiger partial charge in [-0.15, -0.1) is 0 Å². The zero-order chi connectivity index (χ0) is 14.5. The van der Waals surface area contributed by atoms with E-state index in [1.165, 1.54) is 0 Å². The van der Waals surface area contributed by atoms with Gasteiger partial charge in [-0.1, -0.05) is 26.0 Å². The van der Waals surface area contributed by atoms with Crippen molar-refractivity contribution in [3.63, 3.8) is 0 Å². The number of piperazine rings is 1. The number of methoxy groups -OCH3 is 1. The molecular formula is C16H24N2O2. The number of nitrogens with one attached hydrogen (secondary N) is 1. The molecule has 0 aromatic heterocycles. The molecule has 4 nitrogen and oxygen atoms in total. The second-order valence-corrected chi connectivity index (χ2v) is 5.54. The Morgan fingerprint density at radius 3 is 2.65 bits per heavy atom. The molecule has 1 N–H and O–H groups in total. The molecule has 0 bridgehead atoms. The van der Waals surface area contributed by atoms with Crippen molar-refractivity contribution in [2.24, 2.45) is 0 Å². The molecule has 1 aliphatic rings. The van der Waals surface area contributed by atoms with Crippen LogP contribution in [0.5, 0.6) is 5.75 Å². The van der Waals surface area contributed by atoms with Crippen LogP contribution >= 0.6 is 0 Å². The lowest BCUT2D eigenvalue weighted by Gasteiger charge is -2.27. The van der Waals surface area contributed by atoms with Gasteiger partial charge in [-0.3, -0.25) is 4.79 Å². The summed E-state index contributed by atoms with van der Waals surface area (Å²) in [6.45, 7) is 7.69. The molecule has 1 saturated heterocycles. The van der Waals surface area contributed by atoms with E-state index in [4.69, 9.17) is 4.74 Å². The molecule has 1 aliphatic heterocycles. The smallest absolute Gasteiger partial charge is 0.227 e. The molecule has 0 saturated carbocycles. The van der Waals surface area contributed by atoms with Crippen molar-refractivity contribution >= 4 is 5.91 Å². The van der Waals surface area contributed by atoms with Crippen molar-refractivity contribution in [1.82, 2.24) is 10.2 Å². The number of amides is 1. The maximum atomic E-state index is 12.3. The van der Waals surface area contributed by atoms with Crippen molar-refractivity contribution in [2.45, 2.75) is 26.2 Å². The first-order chi connectivity index (χ1) is 9.61. The summed E-state index contributed by atoms with van der Waals surface area (Å²) in [6.07, 6.45) is 0.476. The first-order valence-electron chi connectivity index (χ1n) is 7.27. The Hall–Kier alpha value is -1.55. The fourth-order valence-electron chi connectivity index (χ4n) is 2.55. The van der Waals surface area contributed by atoms with Gasteiger partial charge in [0.15, 0.2) is 0 Å². The van der Waals surface area contributed by atoms with E-state index in [9.17, 15) is 4.79 Å². The third-order valence-electron chi connectivity index (χ3n) is 3.74. The van der Waals surface area contributed by atoms with Gasteiger partial charge in [-0.25, -0.2) is 0 Å². The fourth-order valence-corrected chi connectivity index (χ4v) is 2.55. The lowest BCUT2D eigenvalue weighted by molar-refractivity contribution is -0.131. The van der Waals surface area contributed by atoms with Crippen molar-refractivity contribution in [3.05, 3.63) is 29.3 Å². The van der Waals surface area contributed by atoms with E-state index in [0.29, 0.717) is 12.3 Å². The molecule has 4 heteroatoms. The Kier molecular flexibility index (Phi) is 5.01. The summed E-state index contributed by atoms with van der Waals surface area (Å²) in [4.78, 5) is 14.2. The minimum atomic E-state index is 0.214. The average Bonchev–Trinajstić information content (AvgIpc) is 2.48. The van der Waals surface area contributed by atoms with Gasteiger partial charge in [0.05, 0.1) is 13.5 Å².